The van der Waals surface area contributed by atoms with Gasteiger partial charge < -0.3 is 4.98 Å². The Morgan fingerprint density at radius 1 is 0.615 bits per heavy atom. The van der Waals surface area contributed by atoms with Gasteiger partial charge in [0.25, 0.3) is 0 Å². The van der Waals surface area contributed by atoms with Crippen LogP contribution < -0.4 is 16.0 Å². The summed E-state index contributed by atoms with van der Waals surface area (Å²) >= 11 is 0. The van der Waals surface area contributed by atoms with Gasteiger partial charge in [0.1, 0.15) is 0 Å². The van der Waals surface area contributed by atoms with E-state index in [0.717, 1.165) is 27.8 Å². The molecule has 4 aliphatic rings. The zero-order chi connectivity index (χ0) is 35.5. The van der Waals surface area contributed by atoms with Gasteiger partial charge in [0.05, 0.1) is 33.7 Å². The number of allylic oxidation sites excluding steroid dienone is 3. The molecule has 0 amide bonds. The average molecular weight is 675 g/mol. The van der Waals surface area contributed by atoms with E-state index in [9.17, 15) is 0 Å². The Balaban J connectivity index is 1.44. The van der Waals surface area contributed by atoms with Gasteiger partial charge >= 0.3 is 0 Å². The Labute approximate surface area is 305 Å². The number of aliphatic imine (C=N–C) groups is 2. The molecule has 4 aliphatic heterocycles. The van der Waals surface area contributed by atoms with Crippen molar-refractivity contribution in [2.45, 2.75) is 50.2 Å². The molecule has 4 aromatic carbocycles. The van der Waals surface area contributed by atoms with Crippen molar-refractivity contribution in [3.05, 3.63) is 201 Å². The summed E-state index contributed by atoms with van der Waals surface area (Å²) in [4.78, 5) is 14.7. The van der Waals surface area contributed by atoms with Crippen LogP contribution in [0.15, 0.2) is 179 Å². The summed E-state index contributed by atoms with van der Waals surface area (Å²) in [5.41, 5.74) is 10.6. The summed E-state index contributed by atoms with van der Waals surface area (Å²) in [6.45, 7) is 9.33. The van der Waals surface area contributed by atoms with E-state index in [1.54, 1.807) is 0 Å². The van der Waals surface area contributed by atoms with Crippen LogP contribution in [0.2, 0.25) is 0 Å². The molecule has 254 valence electrons. The van der Waals surface area contributed by atoms with E-state index in [0.29, 0.717) is 0 Å². The lowest BCUT2D eigenvalue weighted by molar-refractivity contribution is 0.282. The molecule has 0 fully saturated rings. The fourth-order valence-corrected chi connectivity index (χ4v) is 9.62. The first-order valence-corrected chi connectivity index (χ1v) is 18.2. The lowest BCUT2D eigenvalue weighted by Crippen LogP contribution is -2.57. The molecule has 9 rings (SSSR count). The summed E-state index contributed by atoms with van der Waals surface area (Å²) in [5, 5.41) is 6.45. The topological polar surface area (TPSA) is 52.5 Å². The largest absolute Gasteiger partial charge is 0.355 e. The fourth-order valence-electron chi connectivity index (χ4n) is 9.62. The molecule has 4 nitrogen and oxygen atoms in total. The number of aromatic amines is 1. The summed E-state index contributed by atoms with van der Waals surface area (Å²) in [7, 11) is 0. The van der Waals surface area contributed by atoms with E-state index in [1.165, 1.54) is 44.5 Å². The van der Waals surface area contributed by atoms with Crippen molar-refractivity contribution in [1.82, 2.24) is 10.3 Å². The molecule has 4 unspecified atom stereocenters. The number of H-pyrrole nitrogens is 1. The number of benzene rings is 4. The Hall–Kier alpha value is -5.84. The number of hydrogen-bond donors (Lipinski definition) is 2. The molecule has 5 aromatic rings. The van der Waals surface area contributed by atoms with Crippen LogP contribution in [0.3, 0.4) is 0 Å². The standard InChI is InChI=1S/C48H42N4/c1-32-42-30-40-26-25-38(49-40)29-39-27-28-41(50-39)31-48(37-23-15-8-16-24-37)33(2)44(35-19-11-6-12-20-35)47(4,52-48)45(36-21-13-7-14-22-36)46(3,51-42)43(32)34-17-9-5-10-18-34/h5-31,45,49,52H,1-4H3. The van der Waals surface area contributed by atoms with Gasteiger partial charge in [0.15, 0.2) is 0 Å². The Morgan fingerprint density at radius 2 is 1.19 bits per heavy atom. The normalized spacial score (nSPS) is 26.5. The van der Waals surface area contributed by atoms with Crippen molar-refractivity contribution in [3.63, 3.8) is 0 Å². The van der Waals surface area contributed by atoms with Crippen molar-refractivity contribution < 1.29 is 0 Å². The van der Waals surface area contributed by atoms with Gasteiger partial charge in [0, 0.05) is 16.6 Å². The zero-order valence-electron chi connectivity index (χ0n) is 30.1. The smallest absolute Gasteiger partial charge is 0.0934 e. The van der Waals surface area contributed by atoms with Crippen molar-refractivity contribution in [2.75, 3.05) is 0 Å². The third kappa shape index (κ3) is 5.01. The maximum Gasteiger partial charge on any atom is 0.0934 e. The number of aromatic nitrogens is 1. The first-order chi connectivity index (χ1) is 25.3. The Bertz CT molecular complexity index is 2520. The molecule has 0 spiro atoms. The third-order valence-electron chi connectivity index (χ3n) is 11.6. The van der Waals surface area contributed by atoms with Gasteiger partial charge in [-0.15, -0.1) is 0 Å². The van der Waals surface area contributed by atoms with Crippen LogP contribution in [0.25, 0.3) is 23.3 Å². The molecule has 0 radical (unpaired) electrons. The van der Waals surface area contributed by atoms with Crippen LogP contribution in [0.5, 0.6) is 0 Å². The average Bonchev–Trinajstić information content (AvgIpc) is 3.91. The monoisotopic (exact) mass is 674 g/mol. The summed E-state index contributed by atoms with van der Waals surface area (Å²) in [6, 6.07) is 48.0. The highest BCUT2D eigenvalue weighted by Gasteiger charge is 2.60. The van der Waals surface area contributed by atoms with Crippen LogP contribution in [0.4, 0.5) is 0 Å². The van der Waals surface area contributed by atoms with Crippen LogP contribution in [-0.4, -0.2) is 27.5 Å². The molecule has 0 saturated heterocycles. The molecule has 2 N–H and O–H groups in total. The van der Waals surface area contributed by atoms with Gasteiger partial charge in [-0.25, -0.2) is 4.99 Å². The molecule has 1 aromatic heterocycles. The lowest BCUT2D eigenvalue weighted by Gasteiger charge is -2.48. The molecule has 0 saturated carbocycles. The summed E-state index contributed by atoms with van der Waals surface area (Å²) in [6.07, 6.45) is 10.9. The Kier molecular flexibility index (Phi) is 7.49. The van der Waals surface area contributed by atoms with Gasteiger partial charge in [-0.05, 0) is 115 Å². The molecule has 5 heterocycles. The second kappa shape index (κ2) is 12.1. The highest BCUT2D eigenvalue weighted by atomic mass is 15.1. The Morgan fingerprint density at radius 3 is 1.85 bits per heavy atom. The maximum absolute atomic E-state index is 5.87. The molecular formula is C48H42N4. The predicted molar refractivity (Wildman–Crippen MR) is 216 cm³/mol. The third-order valence-corrected chi connectivity index (χ3v) is 11.6. The highest BCUT2D eigenvalue weighted by Crippen LogP contribution is 2.60. The quantitative estimate of drug-likeness (QED) is 0.197. The van der Waals surface area contributed by atoms with Gasteiger partial charge in [-0.1, -0.05) is 121 Å². The number of hydrogen-bond acceptors (Lipinski definition) is 3. The maximum atomic E-state index is 5.87. The molecular weight excluding hydrogens is 633 g/mol. The lowest BCUT2D eigenvalue weighted by atomic mass is 9.62. The number of fused-ring (bicyclic) bond motifs is 6. The molecule has 4 heteroatoms. The molecule has 8 bridgehead atoms. The van der Waals surface area contributed by atoms with Gasteiger partial charge in [-0.2, -0.15) is 0 Å². The van der Waals surface area contributed by atoms with E-state index in [1.807, 2.05) is 0 Å². The minimum atomic E-state index is -0.683. The van der Waals surface area contributed by atoms with E-state index in [-0.39, 0.29) is 5.92 Å². The van der Waals surface area contributed by atoms with Crippen LogP contribution >= 0.6 is 0 Å². The van der Waals surface area contributed by atoms with Crippen molar-refractivity contribution >= 4 is 34.7 Å². The highest BCUT2D eigenvalue weighted by molar-refractivity contribution is 6.26. The van der Waals surface area contributed by atoms with Crippen molar-refractivity contribution in [1.29, 1.82) is 0 Å². The molecule has 0 aliphatic carbocycles. The van der Waals surface area contributed by atoms with E-state index in [2.05, 4.69) is 202 Å². The zero-order valence-corrected chi connectivity index (χ0v) is 30.1. The minimum absolute atomic E-state index is 0.148. The van der Waals surface area contributed by atoms with Crippen molar-refractivity contribution in [2.24, 2.45) is 9.98 Å². The van der Waals surface area contributed by atoms with Crippen LogP contribution in [0, 0.1) is 0 Å². The van der Waals surface area contributed by atoms with Crippen LogP contribution in [0.1, 0.15) is 55.9 Å². The SMILES string of the molecule is CC1=C(c2ccccc2)C2(C)N=C1C=c1ccc([nH]1)=CC1=NC(=CC3(c4ccccc4)NC(C)(C(c4ccccc4)=C3C)C2c2ccccc2)C=C1. The predicted octanol–water partition coefficient (Wildman–Crippen LogP) is 8.69. The van der Waals surface area contributed by atoms with E-state index < -0.39 is 16.6 Å². The van der Waals surface area contributed by atoms with Crippen LogP contribution in [-0.2, 0) is 5.54 Å². The van der Waals surface area contributed by atoms with Crippen molar-refractivity contribution in [3.8, 4) is 0 Å². The van der Waals surface area contributed by atoms with E-state index >= 15 is 0 Å². The second-order valence-corrected chi connectivity index (χ2v) is 14.8. The van der Waals surface area contributed by atoms with Gasteiger partial charge in [-0.3, -0.25) is 10.3 Å². The minimum Gasteiger partial charge on any atom is -0.355 e. The molecule has 4 atom stereocenters. The first-order valence-electron chi connectivity index (χ1n) is 18.2. The summed E-state index contributed by atoms with van der Waals surface area (Å²) < 4.78 is 0. The number of rotatable bonds is 4. The van der Waals surface area contributed by atoms with E-state index in [4.69, 9.17) is 9.98 Å². The first kappa shape index (κ1) is 32.1. The number of nitrogens with zero attached hydrogens (tertiary/aromatic N) is 2. The number of nitrogens with one attached hydrogen (secondary N) is 2. The van der Waals surface area contributed by atoms with Gasteiger partial charge in [0.2, 0.25) is 0 Å². The fraction of sp³-hybridized carbons (Fsp3) is 0.167. The summed E-state index contributed by atoms with van der Waals surface area (Å²) in [5.74, 6) is -0.148. The second-order valence-electron chi connectivity index (χ2n) is 14.8. The molecule has 52 heavy (non-hydrogen) atoms.